The molecule has 24 heavy (non-hydrogen) atoms. The van der Waals surface area contributed by atoms with E-state index in [0.29, 0.717) is 11.5 Å². The molecule has 0 bridgehead atoms. The van der Waals surface area contributed by atoms with Gasteiger partial charge in [0.05, 0.1) is 0 Å². The minimum atomic E-state index is -0.600. The molecule has 0 aromatic heterocycles. The molecule has 3 aliphatic heterocycles. The highest BCUT2D eigenvalue weighted by molar-refractivity contribution is 5.85. The van der Waals surface area contributed by atoms with Gasteiger partial charge in [-0.25, -0.2) is 4.99 Å². The number of amides is 1. The summed E-state index contributed by atoms with van der Waals surface area (Å²) in [4.78, 5) is 18.7. The second-order valence-electron chi connectivity index (χ2n) is 6.19. The van der Waals surface area contributed by atoms with Crippen molar-refractivity contribution in [2.24, 2.45) is 4.99 Å². The number of hydrogen-bond donors (Lipinski definition) is 0. The molecule has 2 unspecified atom stereocenters. The second-order valence-corrected chi connectivity index (χ2v) is 6.19. The van der Waals surface area contributed by atoms with E-state index in [9.17, 15) is 4.79 Å². The maximum absolute atomic E-state index is 12.7. The first-order valence-corrected chi connectivity index (χ1v) is 8.38. The monoisotopic (exact) mass is 328 g/mol. The van der Waals surface area contributed by atoms with E-state index in [0.717, 1.165) is 44.3 Å². The van der Waals surface area contributed by atoms with E-state index in [-0.39, 0.29) is 5.91 Å². The van der Waals surface area contributed by atoms with Gasteiger partial charge < -0.3 is 19.1 Å². The maximum atomic E-state index is 12.7. The van der Waals surface area contributed by atoms with Crippen LogP contribution in [-0.2, 0) is 19.0 Å². The molecular weight excluding hydrogens is 308 g/mol. The molecule has 3 heterocycles. The summed E-state index contributed by atoms with van der Waals surface area (Å²) in [5.41, 5.74) is 1.07. The Morgan fingerprint density at radius 2 is 2.12 bits per heavy atom. The second kappa shape index (κ2) is 6.55. The number of hydrogen-bond acceptors (Lipinski definition) is 5. The summed E-state index contributed by atoms with van der Waals surface area (Å²) < 4.78 is 17.0. The summed E-state index contributed by atoms with van der Waals surface area (Å²) in [6, 6.07) is -0.600. The lowest BCUT2D eigenvalue weighted by molar-refractivity contribution is -0.132. The van der Waals surface area contributed by atoms with Crippen LogP contribution in [0.4, 0.5) is 0 Å². The molecule has 4 rings (SSSR count). The fourth-order valence-corrected chi connectivity index (χ4v) is 3.27. The molecule has 1 amide bonds. The summed E-state index contributed by atoms with van der Waals surface area (Å²) in [6.07, 6.45) is 14.0. The van der Waals surface area contributed by atoms with Gasteiger partial charge in [0.2, 0.25) is 0 Å². The van der Waals surface area contributed by atoms with Gasteiger partial charge in [-0.3, -0.25) is 4.79 Å². The lowest BCUT2D eigenvalue weighted by Crippen LogP contribution is -2.42. The molecule has 1 aliphatic carbocycles. The first kappa shape index (κ1) is 15.1. The van der Waals surface area contributed by atoms with Gasteiger partial charge in [-0.2, -0.15) is 0 Å². The predicted molar refractivity (Wildman–Crippen MR) is 87.8 cm³/mol. The van der Waals surface area contributed by atoms with Crippen LogP contribution in [0.3, 0.4) is 0 Å². The number of aliphatic imine (C=N–C) groups is 1. The standard InChI is InChI=1S/C18H20N2O4/c21-18(20-8-4-5-9-20)16-17(23-12-19-16)15-11-22-10-14(24-15)13-6-2-1-3-7-13/h1-2,6,10-12,16-17H,3-5,7-9H2. The molecule has 0 aromatic carbocycles. The van der Waals surface area contributed by atoms with Gasteiger partial charge in [-0.1, -0.05) is 18.2 Å². The minimum absolute atomic E-state index is 0.00771. The highest BCUT2D eigenvalue weighted by Gasteiger charge is 2.41. The Morgan fingerprint density at radius 3 is 2.92 bits per heavy atom. The van der Waals surface area contributed by atoms with Crippen LogP contribution in [0.15, 0.2) is 52.8 Å². The predicted octanol–water partition coefficient (Wildman–Crippen LogP) is 2.41. The van der Waals surface area contributed by atoms with Gasteiger partial charge in [0.15, 0.2) is 30.1 Å². The lowest BCUT2D eigenvalue weighted by Gasteiger charge is -2.26. The van der Waals surface area contributed by atoms with Crippen molar-refractivity contribution in [3.05, 3.63) is 47.8 Å². The number of rotatable bonds is 3. The van der Waals surface area contributed by atoms with Gasteiger partial charge >= 0.3 is 0 Å². The van der Waals surface area contributed by atoms with Crippen LogP contribution in [0.25, 0.3) is 0 Å². The van der Waals surface area contributed by atoms with Crippen molar-refractivity contribution in [2.75, 3.05) is 13.1 Å². The van der Waals surface area contributed by atoms with E-state index in [4.69, 9.17) is 14.2 Å². The SMILES string of the molecule is O=C(C1N=COC1C1=COC=C(C2=CC=CCC2)O1)N1CCCC1. The van der Waals surface area contributed by atoms with Crippen molar-refractivity contribution in [3.8, 4) is 0 Å². The van der Waals surface area contributed by atoms with Gasteiger partial charge in [0.1, 0.15) is 12.5 Å². The van der Waals surface area contributed by atoms with Crippen molar-refractivity contribution in [3.63, 3.8) is 0 Å². The van der Waals surface area contributed by atoms with Gasteiger partial charge in [0.25, 0.3) is 5.91 Å². The highest BCUT2D eigenvalue weighted by Crippen LogP contribution is 2.31. The Bertz CT molecular complexity index is 669. The van der Waals surface area contributed by atoms with Gasteiger partial charge in [0, 0.05) is 13.1 Å². The first-order valence-electron chi connectivity index (χ1n) is 8.38. The number of carbonyl (C=O) groups is 1. The van der Waals surface area contributed by atoms with Crippen molar-refractivity contribution < 1.29 is 19.0 Å². The number of carbonyl (C=O) groups excluding carboxylic acids is 1. The van der Waals surface area contributed by atoms with Crippen LogP contribution in [0.2, 0.25) is 0 Å². The largest absolute Gasteiger partial charge is 0.469 e. The van der Waals surface area contributed by atoms with Crippen molar-refractivity contribution >= 4 is 12.3 Å². The number of allylic oxidation sites excluding steroid dienone is 4. The molecule has 0 saturated carbocycles. The zero-order chi connectivity index (χ0) is 16.4. The molecule has 1 fully saturated rings. The topological polar surface area (TPSA) is 60.4 Å². The van der Waals surface area contributed by atoms with Crippen LogP contribution in [-0.4, -0.2) is 42.4 Å². The van der Waals surface area contributed by atoms with Crippen molar-refractivity contribution in [1.82, 2.24) is 4.90 Å². The maximum Gasteiger partial charge on any atom is 0.251 e. The Balaban J connectivity index is 1.47. The smallest absolute Gasteiger partial charge is 0.251 e. The molecule has 0 radical (unpaired) electrons. The molecule has 0 aromatic rings. The van der Waals surface area contributed by atoms with Crippen LogP contribution < -0.4 is 0 Å². The van der Waals surface area contributed by atoms with Gasteiger partial charge in [-0.15, -0.1) is 0 Å². The Kier molecular flexibility index (Phi) is 4.11. The normalized spacial score (nSPS) is 28.5. The number of likely N-dealkylation sites (tertiary alicyclic amines) is 1. The molecule has 6 nitrogen and oxygen atoms in total. The van der Waals surface area contributed by atoms with Crippen LogP contribution in [0.1, 0.15) is 25.7 Å². The van der Waals surface area contributed by atoms with Crippen LogP contribution in [0, 0.1) is 0 Å². The highest BCUT2D eigenvalue weighted by atomic mass is 16.6. The van der Waals surface area contributed by atoms with E-state index in [1.807, 2.05) is 17.1 Å². The third kappa shape index (κ3) is 2.84. The number of nitrogens with zero attached hydrogens (tertiary/aromatic N) is 2. The Morgan fingerprint density at radius 1 is 1.25 bits per heavy atom. The molecule has 0 spiro atoms. The summed E-state index contributed by atoms with van der Waals surface area (Å²) >= 11 is 0. The van der Waals surface area contributed by atoms with Crippen LogP contribution >= 0.6 is 0 Å². The van der Waals surface area contributed by atoms with Crippen LogP contribution in [0.5, 0.6) is 0 Å². The number of ether oxygens (including phenoxy) is 3. The Labute approximate surface area is 140 Å². The average Bonchev–Trinajstić information content (AvgIpc) is 3.34. The Hall–Kier alpha value is -2.50. The molecular formula is C18H20N2O4. The summed E-state index contributed by atoms with van der Waals surface area (Å²) in [5.74, 6) is 1.14. The van der Waals surface area contributed by atoms with Gasteiger partial charge in [-0.05, 0) is 31.3 Å². The lowest BCUT2D eigenvalue weighted by atomic mass is 10.0. The third-order valence-corrected chi connectivity index (χ3v) is 4.58. The molecule has 126 valence electrons. The molecule has 0 N–H and O–H groups in total. The molecule has 6 heteroatoms. The van der Waals surface area contributed by atoms with E-state index < -0.39 is 12.1 Å². The molecule has 1 saturated heterocycles. The fraction of sp³-hybridized carbons (Fsp3) is 0.444. The van der Waals surface area contributed by atoms with E-state index in [1.165, 1.54) is 12.7 Å². The quantitative estimate of drug-likeness (QED) is 0.798. The van der Waals surface area contributed by atoms with Crippen molar-refractivity contribution in [1.29, 1.82) is 0 Å². The zero-order valence-electron chi connectivity index (χ0n) is 13.4. The molecule has 2 atom stereocenters. The zero-order valence-corrected chi connectivity index (χ0v) is 13.4. The first-order chi connectivity index (χ1) is 11.8. The van der Waals surface area contributed by atoms with E-state index >= 15 is 0 Å². The third-order valence-electron chi connectivity index (χ3n) is 4.58. The van der Waals surface area contributed by atoms with E-state index in [1.54, 1.807) is 6.26 Å². The fourth-order valence-electron chi connectivity index (χ4n) is 3.27. The van der Waals surface area contributed by atoms with E-state index in [2.05, 4.69) is 11.1 Å². The van der Waals surface area contributed by atoms with Crippen molar-refractivity contribution in [2.45, 2.75) is 37.8 Å². The average molecular weight is 328 g/mol. The molecule has 4 aliphatic rings. The summed E-state index contributed by atoms with van der Waals surface area (Å²) in [5, 5.41) is 0. The summed E-state index contributed by atoms with van der Waals surface area (Å²) in [6.45, 7) is 1.58. The summed E-state index contributed by atoms with van der Waals surface area (Å²) in [7, 11) is 0. The minimum Gasteiger partial charge on any atom is -0.469 e.